The summed E-state index contributed by atoms with van der Waals surface area (Å²) in [4.78, 5) is 10.9. The molecule has 2 nitrogen and oxygen atoms in total. The van der Waals surface area contributed by atoms with E-state index in [-0.39, 0.29) is 0 Å². The summed E-state index contributed by atoms with van der Waals surface area (Å²) in [5.41, 5.74) is 1.91. The molecule has 92 valence electrons. The van der Waals surface area contributed by atoms with Crippen molar-refractivity contribution in [2.24, 2.45) is 0 Å². The summed E-state index contributed by atoms with van der Waals surface area (Å²) in [5, 5.41) is 0. The van der Waals surface area contributed by atoms with Crippen LogP contribution in [0.2, 0.25) is 0 Å². The molecule has 1 aromatic rings. The summed E-state index contributed by atoms with van der Waals surface area (Å²) in [6.45, 7) is 2.16. The SMILES string of the molecule is CCCCC/C(C=O)=C\c1ccc(OC)cc1. The van der Waals surface area contributed by atoms with Crippen LogP contribution in [0.3, 0.4) is 0 Å². The van der Waals surface area contributed by atoms with Crippen LogP contribution in [0.25, 0.3) is 6.08 Å². The number of carbonyl (C=O) groups is 1. The van der Waals surface area contributed by atoms with Crippen LogP contribution in [0.5, 0.6) is 5.75 Å². The smallest absolute Gasteiger partial charge is 0.146 e. The van der Waals surface area contributed by atoms with Crippen LogP contribution >= 0.6 is 0 Å². The summed E-state index contributed by atoms with van der Waals surface area (Å²) < 4.78 is 5.09. The molecule has 0 saturated heterocycles. The number of benzene rings is 1. The molecular weight excluding hydrogens is 212 g/mol. The van der Waals surface area contributed by atoms with Gasteiger partial charge in [-0.3, -0.25) is 4.79 Å². The zero-order valence-electron chi connectivity index (χ0n) is 10.6. The van der Waals surface area contributed by atoms with Gasteiger partial charge in [-0.05, 0) is 42.2 Å². The van der Waals surface area contributed by atoms with E-state index in [2.05, 4.69) is 6.92 Å². The molecule has 0 aliphatic heterocycles. The van der Waals surface area contributed by atoms with Crippen molar-refractivity contribution in [2.75, 3.05) is 7.11 Å². The maximum Gasteiger partial charge on any atom is 0.146 e. The van der Waals surface area contributed by atoms with Crippen LogP contribution in [0.4, 0.5) is 0 Å². The number of aldehydes is 1. The van der Waals surface area contributed by atoms with Crippen LogP contribution in [0.15, 0.2) is 29.8 Å². The number of ether oxygens (including phenoxy) is 1. The Hall–Kier alpha value is -1.57. The van der Waals surface area contributed by atoms with E-state index in [1.54, 1.807) is 7.11 Å². The lowest BCUT2D eigenvalue weighted by molar-refractivity contribution is -0.105. The lowest BCUT2D eigenvalue weighted by Gasteiger charge is -2.02. The fourth-order valence-electron chi connectivity index (χ4n) is 1.66. The average molecular weight is 232 g/mol. The van der Waals surface area contributed by atoms with Gasteiger partial charge >= 0.3 is 0 Å². The first-order valence-corrected chi connectivity index (χ1v) is 6.10. The summed E-state index contributed by atoms with van der Waals surface area (Å²) in [7, 11) is 1.65. The lowest BCUT2D eigenvalue weighted by Crippen LogP contribution is -1.87. The maximum atomic E-state index is 10.9. The minimum Gasteiger partial charge on any atom is -0.497 e. The molecule has 0 fully saturated rings. The quantitative estimate of drug-likeness (QED) is 0.405. The number of carbonyl (C=O) groups excluding carboxylic acids is 1. The molecule has 0 atom stereocenters. The number of hydrogen-bond acceptors (Lipinski definition) is 2. The maximum absolute atomic E-state index is 10.9. The molecule has 1 rings (SSSR count). The van der Waals surface area contributed by atoms with Crippen LogP contribution in [-0.2, 0) is 4.79 Å². The predicted octanol–water partition coefficient (Wildman–Crippen LogP) is 3.86. The van der Waals surface area contributed by atoms with Crippen LogP contribution in [0, 0.1) is 0 Å². The molecule has 0 N–H and O–H groups in total. The molecule has 0 saturated carbocycles. The molecule has 1 aromatic carbocycles. The molecular formula is C15H20O2. The molecule has 0 radical (unpaired) electrons. The van der Waals surface area contributed by atoms with Gasteiger partial charge < -0.3 is 4.74 Å². The van der Waals surface area contributed by atoms with E-state index >= 15 is 0 Å². The number of rotatable bonds is 7. The van der Waals surface area contributed by atoms with Gasteiger partial charge in [0.25, 0.3) is 0 Å². The Labute approximate surface area is 103 Å². The third kappa shape index (κ3) is 4.85. The number of methoxy groups -OCH3 is 1. The second-order valence-corrected chi connectivity index (χ2v) is 4.07. The highest BCUT2D eigenvalue weighted by atomic mass is 16.5. The van der Waals surface area contributed by atoms with Gasteiger partial charge in [0.1, 0.15) is 12.0 Å². The Morgan fingerprint density at radius 1 is 1.24 bits per heavy atom. The minimum atomic E-state index is 0.834. The van der Waals surface area contributed by atoms with Crippen LogP contribution < -0.4 is 4.74 Å². The predicted molar refractivity (Wildman–Crippen MR) is 71.2 cm³/mol. The molecule has 0 aromatic heterocycles. The van der Waals surface area contributed by atoms with Gasteiger partial charge in [-0.2, -0.15) is 0 Å². The third-order valence-corrected chi connectivity index (χ3v) is 2.69. The van der Waals surface area contributed by atoms with Crippen molar-refractivity contribution in [3.8, 4) is 5.75 Å². The number of hydrogen-bond donors (Lipinski definition) is 0. The van der Waals surface area contributed by atoms with Crippen molar-refractivity contribution in [3.63, 3.8) is 0 Å². The van der Waals surface area contributed by atoms with Crippen LogP contribution in [0.1, 0.15) is 38.2 Å². The topological polar surface area (TPSA) is 26.3 Å². The van der Waals surface area contributed by atoms with Crippen molar-refractivity contribution in [2.45, 2.75) is 32.6 Å². The van der Waals surface area contributed by atoms with Crippen molar-refractivity contribution < 1.29 is 9.53 Å². The fraction of sp³-hybridized carbons (Fsp3) is 0.400. The molecule has 0 aliphatic rings. The van der Waals surface area contributed by atoms with E-state index in [0.29, 0.717) is 0 Å². The lowest BCUT2D eigenvalue weighted by atomic mass is 10.1. The van der Waals surface area contributed by atoms with Crippen molar-refractivity contribution in [1.82, 2.24) is 0 Å². The summed E-state index contributed by atoms with van der Waals surface area (Å²) in [6, 6.07) is 7.73. The molecule has 0 amide bonds. The Morgan fingerprint density at radius 3 is 2.47 bits per heavy atom. The van der Waals surface area contributed by atoms with E-state index in [1.807, 2.05) is 30.3 Å². The largest absolute Gasteiger partial charge is 0.497 e. The van der Waals surface area contributed by atoms with Gasteiger partial charge in [-0.1, -0.05) is 31.9 Å². The van der Waals surface area contributed by atoms with Crippen LogP contribution in [-0.4, -0.2) is 13.4 Å². The second kappa shape index (κ2) is 7.66. The van der Waals surface area contributed by atoms with Crippen molar-refractivity contribution in [3.05, 3.63) is 35.4 Å². The fourth-order valence-corrected chi connectivity index (χ4v) is 1.66. The molecule has 0 spiro atoms. The summed E-state index contributed by atoms with van der Waals surface area (Å²) in [6.07, 6.45) is 7.20. The van der Waals surface area contributed by atoms with E-state index in [0.717, 1.165) is 36.0 Å². The Kier molecular flexibility index (Phi) is 6.08. The van der Waals surface area contributed by atoms with E-state index in [1.165, 1.54) is 12.8 Å². The molecule has 0 unspecified atom stereocenters. The summed E-state index contributed by atoms with van der Waals surface area (Å²) >= 11 is 0. The van der Waals surface area contributed by atoms with E-state index in [9.17, 15) is 4.79 Å². The molecule has 2 heteroatoms. The van der Waals surface area contributed by atoms with Gasteiger partial charge in [0.15, 0.2) is 0 Å². The Morgan fingerprint density at radius 2 is 1.94 bits per heavy atom. The van der Waals surface area contributed by atoms with Crippen molar-refractivity contribution >= 4 is 12.4 Å². The normalized spacial score (nSPS) is 11.3. The first-order valence-electron chi connectivity index (χ1n) is 6.10. The highest BCUT2D eigenvalue weighted by Gasteiger charge is 1.97. The van der Waals surface area contributed by atoms with E-state index < -0.39 is 0 Å². The number of unbranched alkanes of at least 4 members (excludes halogenated alkanes) is 2. The Bertz CT molecular complexity index is 363. The molecule has 0 bridgehead atoms. The molecule has 17 heavy (non-hydrogen) atoms. The van der Waals surface area contributed by atoms with E-state index in [4.69, 9.17) is 4.74 Å². The zero-order valence-corrected chi connectivity index (χ0v) is 10.6. The standard InChI is InChI=1S/C15H20O2/c1-3-4-5-6-14(12-16)11-13-7-9-15(17-2)10-8-13/h7-12H,3-6H2,1-2H3/b14-11+. The minimum absolute atomic E-state index is 0.834. The van der Waals surface area contributed by atoms with Gasteiger partial charge in [0.05, 0.1) is 7.11 Å². The average Bonchev–Trinajstić information content (AvgIpc) is 2.38. The van der Waals surface area contributed by atoms with Gasteiger partial charge in [0.2, 0.25) is 0 Å². The molecule has 0 heterocycles. The first kappa shape index (κ1) is 13.5. The monoisotopic (exact) mass is 232 g/mol. The van der Waals surface area contributed by atoms with Crippen molar-refractivity contribution in [1.29, 1.82) is 0 Å². The van der Waals surface area contributed by atoms with Gasteiger partial charge in [0, 0.05) is 0 Å². The first-order chi connectivity index (χ1) is 8.30. The highest BCUT2D eigenvalue weighted by Crippen LogP contribution is 2.15. The second-order valence-electron chi connectivity index (χ2n) is 4.07. The zero-order chi connectivity index (χ0) is 12.5. The highest BCUT2D eigenvalue weighted by molar-refractivity contribution is 5.81. The Balaban J connectivity index is 2.65. The number of allylic oxidation sites excluding steroid dienone is 1. The third-order valence-electron chi connectivity index (χ3n) is 2.69. The van der Waals surface area contributed by atoms with Gasteiger partial charge in [-0.25, -0.2) is 0 Å². The molecule has 0 aliphatic carbocycles. The van der Waals surface area contributed by atoms with Gasteiger partial charge in [-0.15, -0.1) is 0 Å². The summed E-state index contributed by atoms with van der Waals surface area (Å²) in [5.74, 6) is 0.834.